The van der Waals surface area contributed by atoms with Crippen molar-refractivity contribution in [3.05, 3.63) is 0 Å². The van der Waals surface area contributed by atoms with Crippen LogP contribution < -0.4 is 0 Å². The topological polar surface area (TPSA) is 3.24 Å². The monoisotopic (exact) mass is 179 g/mol. The molecule has 0 rings (SSSR count). The first-order chi connectivity index (χ1) is 5.42. The molecule has 0 heterocycles. The fourth-order valence-corrected chi connectivity index (χ4v) is 0.898. The summed E-state index contributed by atoms with van der Waals surface area (Å²) in [6.07, 6.45) is 0. The standard InChI is InChI=1S/C10H17NSi/c1-11(2)9-7-6-8-10-12(3,4)5/h9H2,1-5H3. The zero-order valence-electron chi connectivity index (χ0n) is 8.65. The Labute approximate surface area is 77.2 Å². The molecule has 0 radical (unpaired) electrons. The van der Waals surface area contributed by atoms with Gasteiger partial charge in [0.25, 0.3) is 0 Å². The van der Waals surface area contributed by atoms with E-state index < -0.39 is 8.07 Å². The lowest BCUT2D eigenvalue weighted by Gasteiger charge is -2.01. The quantitative estimate of drug-likeness (QED) is 0.435. The summed E-state index contributed by atoms with van der Waals surface area (Å²) in [6.45, 7) is 7.44. The second kappa shape index (κ2) is 5.03. The largest absolute Gasteiger partial charge is 0.298 e. The van der Waals surface area contributed by atoms with Gasteiger partial charge >= 0.3 is 0 Å². The Hall–Kier alpha value is -0.703. The average Bonchev–Trinajstić information content (AvgIpc) is 1.83. The fourth-order valence-electron chi connectivity index (χ4n) is 0.461. The van der Waals surface area contributed by atoms with E-state index in [1.807, 2.05) is 19.0 Å². The molecule has 0 aliphatic heterocycles. The van der Waals surface area contributed by atoms with Crippen LogP contribution in [0.3, 0.4) is 0 Å². The highest BCUT2D eigenvalue weighted by molar-refractivity contribution is 6.83. The van der Waals surface area contributed by atoms with Crippen molar-refractivity contribution in [2.75, 3.05) is 20.6 Å². The zero-order valence-corrected chi connectivity index (χ0v) is 9.65. The summed E-state index contributed by atoms with van der Waals surface area (Å²) < 4.78 is 0. The summed E-state index contributed by atoms with van der Waals surface area (Å²) >= 11 is 0. The van der Waals surface area contributed by atoms with Crippen LogP contribution in [0, 0.1) is 23.3 Å². The van der Waals surface area contributed by atoms with Gasteiger partial charge in [-0.2, -0.15) is 0 Å². The lowest BCUT2D eigenvalue weighted by atomic mass is 10.5. The van der Waals surface area contributed by atoms with Crippen LogP contribution in [0.4, 0.5) is 0 Å². The molecule has 0 atom stereocenters. The average molecular weight is 179 g/mol. The smallest absolute Gasteiger partial charge is 0.130 e. The molecule has 0 fully saturated rings. The third-order valence-corrected chi connectivity index (χ3v) is 1.86. The molecule has 0 saturated heterocycles. The van der Waals surface area contributed by atoms with E-state index in [9.17, 15) is 0 Å². The Bertz CT molecular complexity index is 239. The van der Waals surface area contributed by atoms with Crippen LogP contribution in [0.1, 0.15) is 0 Å². The van der Waals surface area contributed by atoms with Crippen molar-refractivity contribution in [2.24, 2.45) is 0 Å². The van der Waals surface area contributed by atoms with Gasteiger partial charge in [0, 0.05) is 0 Å². The van der Waals surface area contributed by atoms with Gasteiger partial charge in [0.15, 0.2) is 0 Å². The van der Waals surface area contributed by atoms with Crippen LogP contribution in [0.15, 0.2) is 0 Å². The van der Waals surface area contributed by atoms with E-state index in [1.165, 1.54) is 0 Å². The van der Waals surface area contributed by atoms with Crippen LogP contribution in [0.25, 0.3) is 0 Å². The predicted molar refractivity (Wildman–Crippen MR) is 57.5 cm³/mol. The molecule has 0 aliphatic carbocycles. The normalized spacial score (nSPS) is 9.83. The van der Waals surface area contributed by atoms with Gasteiger partial charge in [0.2, 0.25) is 0 Å². The third kappa shape index (κ3) is 9.30. The van der Waals surface area contributed by atoms with Gasteiger partial charge in [-0.05, 0) is 25.9 Å². The Morgan fingerprint density at radius 1 is 1.08 bits per heavy atom. The van der Waals surface area contributed by atoms with Crippen molar-refractivity contribution in [3.63, 3.8) is 0 Å². The van der Waals surface area contributed by atoms with Gasteiger partial charge in [-0.1, -0.05) is 25.6 Å². The molecule has 0 aliphatic rings. The molecule has 0 spiro atoms. The molecule has 0 aromatic carbocycles. The van der Waals surface area contributed by atoms with Crippen molar-refractivity contribution in [1.29, 1.82) is 0 Å². The predicted octanol–water partition coefficient (Wildman–Crippen LogP) is 1.43. The highest BCUT2D eigenvalue weighted by Gasteiger charge is 2.06. The highest BCUT2D eigenvalue weighted by atomic mass is 28.3. The first-order valence-electron chi connectivity index (χ1n) is 4.06. The number of hydrogen-bond donors (Lipinski definition) is 0. The molecular formula is C10H17NSi. The van der Waals surface area contributed by atoms with Crippen molar-refractivity contribution < 1.29 is 0 Å². The van der Waals surface area contributed by atoms with Gasteiger partial charge < -0.3 is 0 Å². The SMILES string of the molecule is CN(C)CC#CC#C[Si](C)(C)C. The Kier molecular flexibility index (Phi) is 4.74. The van der Waals surface area contributed by atoms with Gasteiger partial charge in [-0.25, -0.2) is 0 Å². The van der Waals surface area contributed by atoms with Gasteiger partial charge in [0.1, 0.15) is 8.07 Å². The van der Waals surface area contributed by atoms with Crippen LogP contribution in [0.5, 0.6) is 0 Å². The second-order valence-corrected chi connectivity index (χ2v) is 8.79. The number of rotatable bonds is 1. The van der Waals surface area contributed by atoms with Crippen molar-refractivity contribution >= 4 is 8.07 Å². The molecule has 0 aromatic rings. The molecule has 0 aromatic heterocycles. The highest BCUT2D eigenvalue weighted by Crippen LogP contribution is 1.95. The molecule has 0 amide bonds. The minimum Gasteiger partial charge on any atom is -0.298 e. The molecule has 0 bridgehead atoms. The lowest BCUT2D eigenvalue weighted by Crippen LogP contribution is -2.16. The first kappa shape index (κ1) is 11.3. The molecule has 12 heavy (non-hydrogen) atoms. The maximum Gasteiger partial charge on any atom is 0.130 e. The van der Waals surface area contributed by atoms with E-state index in [0.717, 1.165) is 6.54 Å². The van der Waals surface area contributed by atoms with Gasteiger partial charge in [-0.3, -0.25) is 4.90 Å². The van der Waals surface area contributed by atoms with Gasteiger partial charge in [-0.15, -0.1) is 5.54 Å². The fraction of sp³-hybridized carbons (Fsp3) is 0.600. The minimum absolute atomic E-state index is 0.792. The molecule has 2 heteroatoms. The summed E-state index contributed by atoms with van der Waals surface area (Å²) in [4.78, 5) is 2.03. The summed E-state index contributed by atoms with van der Waals surface area (Å²) in [6, 6.07) is 0. The zero-order chi connectivity index (χ0) is 9.61. The molecule has 0 saturated carbocycles. The van der Waals surface area contributed by atoms with E-state index in [-0.39, 0.29) is 0 Å². The molecular weight excluding hydrogens is 162 g/mol. The number of hydrogen-bond acceptors (Lipinski definition) is 1. The summed E-state index contributed by atoms with van der Waals surface area (Å²) in [7, 11) is 2.79. The van der Waals surface area contributed by atoms with E-state index >= 15 is 0 Å². The van der Waals surface area contributed by atoms with Crippen LogP contribution in [0.2, 0.25) is 19.6 Å². The molecule has 0 unspecified atom stereocenters. The maximum atomic E-state index is 3.19. The van der Waals surface area contributed by atoms with Crippen molar-refractivity contribution in [2.45, 2.75) is 19.6 Å². The van der Waals surface area contributed by atoms with Crippen LogP contribution in [-0.4, -0.2) is 33.6 Å². The minimum atomic E-state index is -1.21. The first-order valence-corrected chi connectivity index (χ1v) is 7.56. The van der Waals surface area contributed by atoms with Gasteiger partial charge in [0.05, 0.1) is 6.54 Å². The maximum absolute atomic E-state index is 3.19. The Morgan fingerprint density at radius 3 is 2.08 bits per heavy atom. The summed E-state index contributed by atoms with van der Waals surface area (Å²) in [5.41, 5.74) is 3.19. The molecule has 66 valence electrons. The van der Waals surface area contributed by atoms with E-state index in [1.54, 1.807) is 0 Å². The third-order valence-electron chi connectivity index (χ3n) is 0.984. The Morgan fingerprint density at radius 2 is 1.67 bits per heavy atom. The summed E-state index contributed by atoms with van der Waals surface area (Å²) in [5.74, 6) is 8.74. The molecule has 1 nitrogen and oxygen atoms in total. The Balaban J connectivity index is 3.91. The second-order valence-electron chi connectivity index (χ2n) is 4.04. The number of nitrogens with zero attached hydrogens (tertiary/aromatic N) is 1. The van der Waals surface area contributed by atoms with E-state index in [0.29, 0.717) is 0 Å². The van der Waals surface area contributed by atoms with Crippen LogP contribution in [-0.2, 0) is 0 Å². The van der Waals surface area contributed by atoms with Crippen molar-refractivity contribution in [3.8, 4) is 23.3 Å². The van der Waals surface area contributed by atoms with Crippen molar-refractivity contribution in [1.82, 2.24) is 4.90 Å². The lowest BCUT2D eigenvalue weighted by molar-refractivity contribution is 0.464. The van der Waals surface area contributed by atoms with E-state index in [4.69, 9.17) is 0 Å². The van der Waals surface area contributed by atoms with Crippen LogP contribution >= 0.6 is 0 Å². The molecule has 0 N–H and O–H groups in total. The van der Waals surface area contributed by atoms with E-state index in [2.05, 4.69) is 42.9 Å². The summed E-state index contributed by atoms with van der Waals surface area (Å²) in [5, 5.41) is 0.